The molecule has 1 aromatic heterocycles. The van der Waals surface area contributed by atoms with E-state index in [0.717, 1.165) is 37.3 Å². The zero-order chi connectivity index (χ0) is 20.1. The van der Waals surface area contributed by atoms with Crippen molar-refractivity contribution in [1.82, 2.24) is 15.1 Å². The van der Waals surface area contributed by atoms with Crippen LogP contribution in [-0.4, -0.2) is 22.1 Å². The van der Waals surface area contributed by atoms with Crippen LogP contribution in [0, 0.1) is 6.92 Å². The highest BCUT2D eigenvalue weighted by Gasteiger charge is 2.17. The lowest BCUT2D eigenvalue weighted by atomic mass is 9.90. The van der Waals surface area contributed by atoms with Crippen LogP contribution in [-0.2, 0) is 25.9 Å². The molecule has 0 amide bonds. The average Bonchev–Trinajstić information content (AvgIpc) is 2.70. The molecule has 150 valence electrons. The summed E-state index contributed by atoms with van der Waals surface area (Å²) in [5, 5.41) is 9.12. The largest absolute Gasteiger partial charge is 0.298 e. The molecule has 3 heteroatoms. The fourth-order valence-corrected chi connectivity index (χ4v) is 4.43. The summed E-state index contributed by atoms with van der Waals surface area (Å²) >= 11 is 0. The Morgan fingerprint density at radius 3 is 2.03 bits per heavy atom. The molecule has 29 heavy (non-hydrogen) atoms. The summed E-state index contributed by atoms with van der Waals surface area (Å²) in [6.45, 7) is 4.01. The van der Waals surface area contributed by atoms with Gasteiger partial charge in [0.15, 0.2) is 0 Å². The molecule has 0 saturated carbocycles. The third-order valence-corrected chi connectivity index (χ3v) is 5.97. The maximum atomic E-state index is 4.62. The number of hydrogen-bond donors (Lipinski definition) is 0. The van der Waals surface area contributed by atoms with E-state index in [1.165, 1.54) is 53.5 Å². The van der Waals surface area contributed by atoms with Gasteiger partial charge in [-0.05, 0) is 61.9 Å². The van der Waals surface area contributed by atoms with Crippen LogP contribution in [0.5, 0.6) is 0 Å². The standard InChI is InChI=1S/C26H31N3/c1-20-24-12-8-3-4-9-13-25(24)26(28-27-20)23-16-14-22(15-17-23)19-29(2)18-21-10-6-5-7-11-21/h5-7,10-11,14-17H,3-4,8-9,12-13,18-19H2,1-2H3. The lowest BCUT2D eigenvalue weighted by Gasteiger charge is -2.19. The summed E-state index contributed by atoms with van der Waals surface area (Å²) in [4.78, 5) is 2.35. The molecule has 4 rings (SSSR count). The van der Waals surface area contributed by atoms with Crippen LogP contribution >= 0.6 is 0 Å². The predicted molar refractivity (Wildman–Crippen MR) is 120 cm³/mol. The maximum absolute atomic E-state index is 4.62. The number of benzene rings is 2. The molecule has 0 aliphatic heterocycles. The molecule has 0 radical (unpaired) electrons. The van der Waals surface area contributed by atoms with Crippen molar-refractivity contribution < 1.29 is 0 Å². The molecule has 1 aliphatic carbocycles. The fourth-order valence-electron chi connectivity index (χ4n) is 4.43. The number of hydrogen-bond acceptors (Lipinski definition) is 3. The van der Waals surface area contributed by atoms with Crippen molar-refractivity contribution >= 4 is 0 Å². The second-order valence-electron chi connectivity index (χ2n) is 8.36. The molecular weight excluding hydrogens is 354 g/mol. The Kier molecular flexibility index (Phi) is 6.36. The Bertz CT molecular complexity index is 932. The van der Waals surface area contributed by atoms with Gasteiger partial charge in [-0.3, -0.25) is 4.90 Å². The predicted octanol–water partition coefficient (Wildman–Crippen LogP) is 5.74. The van der Waals surface area contributed by atoms with Crippen LogP contribution in [0.15, 0.2) is 54.6 Å². The molecule has 0 N–H and O–H groups in total. The minimum absolute atomic E-state index is 0.937. The first-order valence-corrected chi connectivity index (χ1v) is 10.9. The van der Waals surface area contributed by atoms with Crippen molar-refractivity contribution in [3.8, 4) is 11.3 Å². The van der Waals surface area contributed by atoms with E-state index >= 15 is 0 Å². The van der Waals surface area contributed by atoms with Gasteiger partial charge < -0.3 is 0 Å². The van der Waals surface area contributed by atoms with Crippen molar-refractivity contribution in [3.05, 3.63) is 82.5 Å². The summed E-state index contributed by atoms with van der Waals surface area (Å²) in [7, 11) is 2.18. The molecule has 0 fully saturated rings. The monoisotopic (exact) mass is 385 g/mol. The minimum atomic E-state index is 0.937. The second kappa shape index (κ2) is 9.32. The first-order chi connectivity index (χ1) is 14.2. The van der Waals surface area contributed by atoms with E-state index in [-0.39, 0.29) is 0 Å². The van der Waals surface area contributed by atoms with Gasteiger partial charge in [-0.2, -0.15) is 5.10 Å². The number of aromatic nitrogens is 2. The number of aryl methyl sites for hydroxylation is 1. The molecule has 3 nitrogen and oxygen atoms in total. The molecule has 0 saturated heterocycles. The average molecular weight is 386 g/mol. The van der Waals surface area contributed by atoms with Crippen LogP contribution in [0.25, 0.3) is 11.3 Å². The van der Waals surface area contributed by atoms with Crippen molar-refractivity contribution in [2.24, 2.45) is 0 Å². The zero-order valence-electron chi connectivity index (χ0n) is 17.7. The van der Waals surface area contributed by atoms with E-state index in [1.807, 2.05) is 0 Å². The Balaban J connectivity index is 1.51. The number of nitrogens with zero attached hydrogens (tertiary/aromatic N) is 3. The summed E-state index contributed by atoms with van der Waals surface area (Å²) in [6.07, 6.45) is 7.46. The smallest absolute Gasteiger partial charge is 0.0964 e. The van der Waals surface area contributed by atoms with Crippen molar-refractivity contribution in [3.63, 3.8) is 0 Å². The Hall–Kier alpha value is -2.52. The van der Waals surface area contributed by atoms with Gasteiger partial charge in [0.25, 0.3) is 0 Å². The van der Waals surface area contributed by atoms with E-state index in [2.05, 4.69) is 83.7 Å². The number of fused-ring (bicyclic) bond motifs is 1. The first kappa shape index (κ1) is 19.8. The first-order valence-electron chi connectivity index (χ1n) is 10.9. The summed E-state index contributed by atoms with van der Waals surface area (Å²) < 4.78 is 0. The fraction of sp³-hybridized carbons (Fsp3) is 0.385. The Labute approximate surface area is 174 Å². The molecule has 3 aromatic rings. The van der Waals surface area contributed by atoms with Crippen molar-refractivity contribution in [1.29, 1.82) is 0 Å². The van der Waals surface area contributed by atoms with Crippen LogP contribution in [0.2, 0.25) is 0 Å². The van der Waals surface area contributed by atoms with Gasteiger partial charge in [0, 0.05) is 18.7 Å². The van der Waals surface area contributed by atoms with Crippen LogP contribution < -0.4 is 0 Å². The van der Waals surface area contributed by atoms with E-state index < -0.39 is 0 Å². The highest BCUT2D eigenvalue weighted by molar-refractivity contribution is 5.65. The highest BCUT2D eigenvalue weighted by atomic mass is 15.1. The van der Waals surface area contributed by atoms with Crippen LogP contribution in [0.3, 0.4) is 0 Å². The van der Waals surface area contributed by atoms with Gasteiger partial charge in [-0.25, -0.2) is 0 Å². The van der Waals surface area contributed by atoms with Gasteiger partial charge in [0.2, 0.25) is 0 Å². The van der Waals surface area contributed by atoms with Crippen molar-refractivity contribution in [2.45, 2.75) is 58.5 Å². The second-order valence-corrected chi connectivity index (χ2v) is 8.36. The molecule has 0 bridgehead atoms. The maximum Gasteiger partial charge on any atom is 0.0964 e. The lowest BCUT2D eigenvalue weighted by Crippen LogP contribution is -2.17. The van der Waals surface area contributed by atoms with E-state index in [1.54, 1.807) is 0 Å². The molecule has 1 heterocycles. The molecule has 0 unspecified atom stereocenters. The summed E-state index contributed by atoms with van der Waals surface area (Å²) in [5.74, 6) is 0. The molecule has 1 aliphatic rings. The van der Waals surface area contributed by atoms with E-state index in [0.29, 0.717) is 0 Å². The van der Waals surface area contributed by atoms with Crippen LogP contribution in [0.4, 0.5) is 0 Å². The van der Waals surface area contributed by atoms with Gasteiger partial charge in [0.1, 0.15) is 0 Å². The molecule has 0 spiro atoms. The Morgan fingerprint density at radius 1 is 0.724 bits per heavy atom. The van der Waals surface area contributed by atoms with E-state index in [9.17, 15) is 0 Å². The summed E-state index contributed by atoms with van der Waals surface area (Å²) in [6, 6.07) is 19.6. The molecule has 2 aromatic carbocycles. The van der Waals surface area contributed by atoms with Gasteiger partial charge in [0.05, 0.1) is 11.4 Å². The number of rotatable bonds is 5. The summed E-state index contributed by atoms with van der Waals surface area (Å²) in [5.41, 5.74) is 8.97. The highest BCUT2D eigenvalue weighted by Crippen LogP contribution is 2.30. The lowest BCUT2D eigenvalue weighted by molar-refractivity contribution is 0.319. The molecular formula is C26H31N3. The van der Waals surface area contributed by atoms with Crippen LogP contribution in [0.1, 0.15) is 53.6 Å². The van der Waals surface area contributed by atoms with Gasteiger partial charge >= 0.3 is 0 Å². The van der Waals surface area contributed by atoms with Gasteiger partial charge in [-0.15, -0.1) is 5.10 Å². The molecule has 0 atom stereocenters. The Morgan fingerprint density at radius 2 is 1.34 bits per heavy atom. The normalized spacial score (nSPS) is 14.3. The zero-order valence-corrected chi connectivity index (χ0v) is 17.7. The minimum Gasteiger partial charge on any atom is -0.298 e. The third-order valence-electron chi connectivity index (χ3n) is 5.97. The van der Waals surface area contributed by atoms with E-state index in [4.69, 9.17) is 0 Å². The quantitative estimate of drug-likeness (QED) is 0.560. The van der Waals surface area contributed by atoms with Crippen molar-refractivity contribution in [2.75, 3.05) is 7.05 Å². The van der Waals surface area contributed by atoms with Gasteiger partial charge in [-0.1, -0.05) is 67.4 Å². The third kappa shape index (κ3) is 4.91. The topological polar surface area (TPSA) is 29.0 Å². The SMILES string of the molecule is Cc1nnc(-c2ccc(CN(C)Cc3ccccc3)cc2)c2c1CCCCCC2.